The molecule has 0 spiro atoms. The molecule has 0 aromatic carbocycles. The fourth-order valence-corrected chi connectivity index (χ4v) is 3.39. The van der Waals surface area contributed by atoms with Crippen molar-refractivity contribution in [2.75, 3.05) is 0 Å². The van der Waals surface area contributed by atoms with Crippen molar-refractivity contribution in [3.05, 3.63) is 0 Å². The fraction of sp³-hybridized carbons (Fsp3) is 1.00. The Kier molecular flexibility index (Phi) is 0.628. The van der Waals surface area contributed by atoms with Crippen LogP contribution in [0.5, 0.6) is 0 Å². The zero-order valence-electron chi connectivity index (χ0n) is 5.59. The summed E-state index contributed by atoms with van der Waals surface area (Å²) >= 11 is 0. The number of nitrogens with two attached hydrogens (primary N) is 1. The van der Waals surface area contributed by atoms with Gasteiger partial charge >= 0.3 is 0 Å². The van der Waals surface area contributed by atoms with Gasteiger partial charge < -0.3 is 5.73 Å². The Morgan fingerprint density at radius 1 is 1.00 bits per heavy atom. The highest BCUT2D eigenvalue weighted by Gasteiger charge is 2.63. The van der Waals surface area contributed by atoms with E-state index < -0.39 is 0 Å². The highest BCUT2D eigenvalue weighted by molar-refractivity contribution is 5.15. The van der Waals surface area contributed by atoms with Crippen molar-refractivity contribution in [3.8, 4) is 0 Å². The summed E-state index contributed by atoms with van der Waals surface area (Å²) in [5.74, 6) is 4.11. The Bertz CT molecular complexity index is 135. The quantitative estimate of drug-likeness (QED) is 0.510. The van der Waals surface area contributed by atoms with E-state index in [9.17, 15) is 0 Å². The summed E-state index contributed by atoms with van der Waals surface area (Å²) in [5.41, 5.74) is 5.89. The molecular formula is C8H13N. The molecule has 2 bridgehead atoms. The number of hydrogen-bond acceptors (Lipinski definition) is 1. The van der Waals surface area contributed by atoms with Crippen molar-refractivity contribution in [2.24, 2.45) is 29.4 Å². The van der Waals surface area contributed by atoms with Crippen LogP contribution < -0.4 is 5.73 Å². The molecule has 4 atom stereocenters. The number of rotatable bonds is 0. The summed E-state index contributed by atoms with van der Waals surface area (Å²) in [4.78, 5) is 0. The minimum absolute atomic E-state index is 0.635. The second-order valence-electron chi connectivity index (χ2n) is 4.07. The zero-order valence-corrected chi connectivity index (χ0v) is 5.59. The van der Waals surface area contributed by atoms with E-state index in [4.69, 9.17) is 5.73 Å². The van der Waals surface area contributed by atoms with Crippen LogP contribution in [0.15, 0.2) is 0 Å². The molecule has 0 saturated heterocycles. The Labute approximate surface area is 55.6 Å². The summed E-state index contributed by atoms with van der Waals surface area (Å²) in [7, 11) is 0. The van der Waals surface area contributed by atoms with Crippen LogP contribution in [-0.2, 0) is 0 Å². The molecule has 3 aliphatic carbocycles. The highest BCUT2D eigenvalue weighted by atomic mass is 14.9. The van der Waals surface area contributed by atoms with Gasteiger partial charge in [0.25, 0.3) is 0 Å². The minimum atomic E-state index is 0.635. The Morgan fingerprint density at radius 2 is 1.56 bits per heavy atom. The SMILES string of the molecule is NC1[C@H]2[C@H]3CC[C@@H](C3)[C@H]12. The molecule has 1 nitrogen and oxygen atoms in total. The van der Waals surface area contributed by atoms with Crippen LogP contribution in [0.4, 0.5) is 0 Å². The maximum Gasteiger partial charge on any atom is 0.0108 e. The van der Waals surface area contributed by atoms with Crippen molar-refractivity contribution in [2.45, 2.75) is 25.3 Å². The van der Waals surface area contributed by atoms with E-state index in [0.29, 0.717) is 6.04 Å². The van der Waals surface area contributed by atoms with Crippen LogP contribution in [0.1, 0.15) is 19.3 Å². The molecular weight excluding hydrogens is 110 g/mol. The summed E-state index contributed by atoms with van der Waals surface area (Å²) in [6.07, 6.45) is 4.53. The molecule has 0 radical (unpaired) electrons. The van der Waals surface area contributed by atoms with Gasteiger partial charge in [0.1, 0.15) is 0 Å². The standard InChI is InChI=1S/C8H13N/c9-8-6-4-1-2-5(3-4)7(6)8/h4-8H,1-3,9H2/t4-,5-,6-,7-/m0/s1. The van der Waals surface area contributed by atoms with E-state index in [1.165, 1.54) is 19.3 Å². The molecule has 0 aromatic rings. The summed E-state index contributed by atoms with van der Waals surface area (Å²) in [5, 5.41) is 0. The minimum Gasteiger partial charge on any atom is -0.327 e. The van der Waals surface area contributed by atoms with Gasteiger partial charge in [-0.2, -0.15) is 0 Å². The first-order valence-corrected chi connectivity index (χ1v) is 4.13. The van der Waals surface area contributed by atoms with Crippen molar-refractivity contribution in [1.82, 2.24) is 0 Å². The Hall–Kier alpha value is -0.0400. The molecule has 0 heterocycles. The third kappa shape index (κ3) is 0.389. The van der Waals surface area contributed by atoms with E-state index in [1.54, 1.807) is 0 Å². The first-order valence-electron chi connectivity index (χ1n) is 4.13. The van der Waals surface area contributed by atoms with Gasteiger partial charge in [0.15, 0.2) is 0 Å². The topological polar surface area (TPSA) is 26.0 Å². The summed E-state index contributed by atoms with van der Waals surface area (Å²) < 4.78 is 0. The fourth-order valence-electron chi connectivity index (χ4n) is 3.39. The van der Waals surface area contributed by atoms with Crippen LogP contribution in [0.25, 0.3) is 0 Å². The monoisotopic (exact) mass is 123 g/mol. The van der Waals surface area contributed by atoms with Crippen LogP contribution in [0.2, 0.25) is 0 Å². The average molecular weight is 123 g/mol. The molecule has 3 fully saturated rings. The third-order valence-electron chi connectivity index (χ3n) is 3.79. The predicted molar refractivity (Wildman–Crippen MR) is 35.8 cm³/mol. The number of hydrogen-bond donors (Lipinski definition) is 1. The van der Waals surface area contributed by atoms with E-state index in [1.807, 2.05) is 0 Å². The lowest BCUT2D eigenvalue weighted by atomic mass is 10.0. The smallest absolute Gasteiger partial charge is 0.0108 e. The normalized spacial score (nSPS) is 68.3. The van der Waals surface area contributed by atoms with Gasteiger partial charge in [0, 0.05) is 6.04 Å². The molecule has 1 heteroatoms. The molecule has 3 aliphatic rings. The lowest BCUT2D eigenvalue weighted by molar-refractivity contribution is 0.456. The van der Waals surface area contributed by atoms with Gasteiger partial charge in [-0.05, 0) is 42.9 Å². The van der Waals surface area contributed by atoms with Gasteiger partial charge in [-0.3, -0.25) is 0 Å². The molecule has 3 saturated carbocycles. The van der Waals surface area contributed by atoms with Crippen LogP contribution in [0, 0.1) is 23.7 Å². The van der Waals surface area contributed by atoms with E-state index >= 15 is 0 Å². The van der Waals surface area contributed by atoms with Crippen molar-refractivity contribution in [1.29, 1.82) is 0 Å². The van der Waals surface area contributed by atoms with Gasteiger partial charge in [0.2, 0.25) is 0 Å². The lowest BCUT2D eigenvalue weighted by Crippen LogP contribution is -2.11. The summed E-state index contributed by atoms with van der Waals surface area (Å²) in [6, 6.07) is 0.635. The lowest BCUT2D eigenvalue weighted by Gasteiger charge is -2.03. The largest absolute Gasteiger partial charge is 0.327 e. The van der Waals surface area contributed by atoms with Gasteiger partial charge in [-0.15, -0.1) is 0 Å². The van der Waals surface area contributed by atoms with Gasteiger partial charge in [-0.1, -0.05) is 0 Å². The summed E-state index contributed by atoms with van der Waals surface area (Å²) in [6.45, 7) is 0. The van der Waals surface area contributed by atoms with Crippen molar-refractivity contribution >= 4 is 0 Å². The third-order valence-corrected chi connectivity index (χ3v) is 3.79. The second kappa shape index (κ2) is 1.20. The maximum atomic E-state index is 5.89. The molecule has 0 amide bonds. The Balaban J connectivity index is 1.96. The number of fused-ring (bicyclic) bond motifs is 5. The molecule has 9 heavy (non-hydrogen) atoms. The highest BCUT2D eigenvalue weighted by Crippen LogP contribution is 2.64. The van der Waals surface area contributed by atoms with Crippen molar-refractivity contribution < 1.29 is 0 Å². The van der Waals surface area contributed by atoms with Gasteiger partial charge in [0.05, 0.1) is 0 Å². The predicted octanol–water partition coefficient (Wildman–Crippen LogP) is 0.990. The van der Waals surface area contributed by atoms with Gasteiger partial charge in [-0.25, -0.2) is 0 Å². The molecule has 0 unspecified atom stereocenters. The molecule has 0 aromatic heterocycles. The first-order chi connectivity index (χ1) is 4.38. The van der Waals surface area contributed by atoms with Crippen molar-refractivity contribution in [3.63, 3.8) is 0 Å². The van der Waals surface area contributed by atoms with Crippen LogP contribution >= 0.6 is 0 Å². The van der Waals surface area contributed by atoms with E-state index in [0.717, 1.165) is 23.7 Å². The second-order valence-corrected chi connectivity index (χ2v) is 4.07. The van der Waals surface area contributed by atoms with E-state index in [2.05, 4.69) is 0 Å². The Morgan fingerprint density at radius 3 is 2.00 bits per heavy atom. The van der Waals surface area contributed by atoms with Crippen LogP contribution in [0.3, 0.4) is 0 Å². The van der Waals surface area contributed by atoms with E-state index in [-0.39, 0.29) is 0 Å². The molecule has 50 valence electrons. The molecule has 3 rings (SSSR count). The average Bonchev–Trinajstić information content (AvgIpc) is 2.29. The maximum absolute atomic E-state index is 5.89. The zero-order chi connectivity index (χ0) is 6.01. The first kappa shape index (κ1) is 4.73. The molecule has 0 aliphatic heterocycles. The van der Waals surface area contributed by atoms with Crippen LogP contribution in [-0.4, -0.2) is 6.04 Å². The molecule has 2 N–H and O–H groups in total.